The van der Waals surface area contributed by atoms with Crippen molar-refractivity contribution in [2.45, 2.75) is 24.5 Å². The van der Waals surface area contributed by atoms with Gasteiger partial charge in [-0.05, 0) is 57.1 Å². The van der Waals surface area contributed by atoms with E-state index in [9.17, 15) is 12.8 Å². The smallest absolute Gasteiger partial charge is 0.481 e. The molecule has 2 aliphatic heterocycles. The Bertz CT molecular complexity index is 1380. The fraction of sp³-hybridized carbons (Fsp3) is 0.435. The number of halogens is 1. The molecule has 4 heterocycles. The summed E-state index contributed by atoms with van der Waals surface area (Å²) < 4.78 is 55.6. The number of ether oxygens (including phenoxy) is 2. The van der Waals surface area contributed by atoms with E-state index >= 15 is 0 Å². The van der Waals surface area contributed by atoms with E-state index in [0.29, 0.717) is 41.4 Å². The Morgan fingerprint density at radius 1 is 1.34 bits per heavy atom. The molecular formula is C23H28FN6O4S+. The zero-order valence-corrected chi connectivity index (χ0v) is 20.8. The zero-order valence-electron chi connectivity index (χ0n) is 20.0. The molecule has 1 fully saturated rings. The first kappa shape index (κ1) is 23.6. The van der Waals surface area contributed by atoms with E-state index in [1.165, 1.54) is 28.2 Å². The Morgan fingerprint density at radius 2 is 2.14 bits per heavy atom. The standard InChI is InChI=1S/C23H27FN6O4S/c1-14-18-10-17(24)11-19(16-5-7-25-20(9-16)33-4)21(18)34-23-26-22(27-30(14)23)35(31,32)29-8-6-15(13-29)12-28(2)3/h5,7,9-11,14-15H,6,8,12-13H2,1-4H3/p+1. The third-order valence-electron chi connectivity index (χ3n) is 6.44. The molecule has 0 bridgehead atoms. The van der Waals surface area contributed by atoms with Gasteiger partial charge in [-0.1, -0.05) is 0 Å². The molecule has 12 heteroatoms. The van der Waals surface area contributed by atoms with E-state index in [2.05, 4.69) is 20.0 Å². The fourth-order valence-electron chi connectivity index (χ4n) is 4.74. The number of nitrogens with zero attached hydrogens (tertiary/aromatic N) is 5. The molecule has 5 rings (SSSR count). The lowest BCUT2D eigenvalue weighted by Gasteiger charge is -2.21. The van der Waals surface area contributed by atoms with Gasteiger partial charge in [-0.3, -0.25) is 0 Å². The molecule has 3 aromatic rings. The van der Waals surface area contributed by atoms with Crippen molar-refractivity contribution >= 4 is 10.0 Å². The summed E-state index contributed by atoms with van der Waals surface area (Å²) in [6.45, 7) is 3.52. The highest BCUT2D eigenvalue weighted by Crippen LogP contribution is 2.42. The molecule has 2 aliphatic rings. The number of aromatic amines is 1. The van der Waals surface area contributed by atoms with Crippen molar-refractivity contribution in [3.05, 3.63) is 41.8 Å². The van der Waals surface area contributed by atoms with Crippen molar-refractivity contribution in [1.82, 2.24) is 24.3 Å². The molecule has 0 spiro atoms. The van der Waals surface area contributed by atoms with E-state index < -0.39 is 21.9 Å². The Kier molecular flexibility index (Phi) is 5.98. The molecule has 0 amide bonds. The van der Waals surface area contributed by atoms with Crippen LogP contribution < -0.4 is 14.2 Å². The number of nitrogens with one attached hydrogen (secondary N) is 1. The van der Waals surface area contributed by atoms with Gasteiger partial charge in [-0.15, -0.1) is 4.68 Å². The van der Waals surface area contributed by atoms with Crippen LogP contribution in [0.3, 0.4) is 0 Å². The van der Waals surface area contributed by atoms with Crippen molar-refractivity contribution < 1.29 is 27.0 Å². The third-order valence-corrected chi connectivity index (χ3v) is 8.13. The number of fused-ring (bicyclic) bond motifs is 2. The number of sulfonamides is 1. The van der Waals surface area contributed by atoms with Crippen LogP contribution in [0.1, 0.15) is 24.9 Å². The minimum absolute atomic E-state index is 0.0986. The molecule has 186 valence electrons. The van der Waals surface area contributed by atoms with Crippen LogP contribution in [0.2, 0.25) is 0 Å². The van der Waals surface area contributed by atoms with Crippen LogP contribution in [-0.2, 0) is 10.0 Å². The third kappa shape index (κ3) is 4.26. The van der Waals surface area contributed by atoms with Gasteiger partial charge >= 0.3 is 21.2 Å². The first-order valence-electron chi connectivity index (χ1n) is 11.4. The summed E-state index contributed by atoms with van der Waals surface area (Å²) in [7, 11) is 1.61. The van der Waals surface area contributed by atoms with E-state index in [1.54, 1.807) is 18.3 Å². The summed E-state index contributed by atoms with van der Waals surface area (Å²) in [5.41, 5.74) is 1.71. The van der Waals surface area contributed by atoms with Crippen LogP contribution in [0.4, 0.5) is 4.39 Å². The second-order valence-electron chi connectivity index (χ2n) is 9.20. The van der Waals surface area contributed by atoms with Gasteiger partial charge < -0.3 is 14.4 Å². The lowest BCUT2D eigenvalue weighted by atomic mass is 9.97. The van der Waals surface area contributed by atoms with E-state index in [0.717, 1.165) is 13.0 Å². The minimum Gasteiger partial charge on any atom is -0.481 e. The van der Waals surface area contributed by atoms with E-state index in [-0.39, 0.29) is 17.1 Å². The van der Waals surface area contributed by atoms with Crippen LogP contribution in [-0.4, -0.2) is 73.5 Å². The topological polar surface area (TPSA) is 105 Å². The molecule has 2 atom stereocenters. The highest BCUT2D eigenvalue weighted by Gasteiger charge is 2.43. The van der Waals surface area contributed by atoms with Crippen molar-refractivity contribution in [3.63, 3.8) is 0 Å². The molecule has 0 aliphatic carbocycles. The van der Waals surface area contributed by atoms with Gasteiger partial charge in [0.25, 0.3) is 0 Å². The lowest BCUT2D eigenvalue weighted by Crippen LogP contribution is -2.44. The van der Waals surface area contributed by atoms with E-state index in [4.69, 9.17) is 9.47 Å². The summed E-state index contributed by atoms with van der Waals surface area (Å²) in [6, 6.07) is 5.83. The molecule has 0 saturated carbocycles. The average molecular weight is 504 g/mol. The number of hydrogen-bond acceptors (Lipinski definition) is 7. The first-order chi connectivity index (χ1) is 16.7. The summed E-state index contributed by atoms with van der Waals surface area (Å²) in [5, 5.41) is 2.69. The Hall–Kier alpha value is -3.09. The molecular weight excluding hydrogens is 475 g/mol. The zero-order chi connectivity index (χ0) is 24.9. The van der Waals surface area contributed by atoms with Crippen LogP contribution in [0.15, 0.2) is 35.6 Å². The highest BCUT2D eigenvalue weighted by molar-refractivity contribution is 7.88. The Balaban J connectivity index is 1.50. The Morgan fingerprint density at radius 3 is 2.89 bits per heavy atom. The molecule has 1 saturated heterocycles. The number of benzene rings is 1. The van der Waals surface area contributed by atoms with Gasteiger partial charge in [0, 0.05) is 48.0 Å². The summed E-state index contributed by atoms with van der Waals surface area (Å²) in [4.78, 5) is 10.5. The predicted octanol–water partition coefficient (Wildman–Crippen LogP) is 2.19. The van der Waals surface area contributed by atoms with Crippen molar-refractivity contribution in [2.75, 3.05) is 40.8 Å². The number of aromatic nitrogens is 4. The summed E-state index contributed by atoms with van der Waals surface area (Å²) in [6.07, 6.45) is 2.36. The quantitative estimate of drug-likeness (QED) is 0.514. The van der Waals surface area contributed by atoms with Gasteiger partial charge in [0.15, 0.2) is 11.8 Å². The normalized spacial score (nSPS) is 19.9. The molecule has 1 aromatic carbocycles. The number of H-pyrrole nitrogens is 1. The van der Waals surface area contributed by atoms with Crippen LogP contribution in [0.25, 0.3) is 11.1 Å². The Labute approximate surface area is 203 Å². The highest BCUT2D eigenvalue weighted by atomic mass is 32.2. The molecule has 2 aromatic heterocycles. The predicted molar refractivity (Wildman–Crippen MR) is 124 cm³/mol. The van der Waals surface area contributed by atoms with Crippen molar-refractivity contribution in [1.29, 1.82) is 0 Å². The number of pyridine rings is 1. The van der Waals surface area contributed by atoms with E-state index in [1.807, 2.05) is 21.0 Å². The van der Waals surface area contributed by atoms with Crippen LogP contribution in [0, 0.1) is 11.7 Å². The van der Waals surface area contributed by atoms with Gasteiger partial charge in [0.2, 0.25) is 5.88 Å². The number of rotatable bonds is 6. The maximum atomic E-state index is 14.7. The minimum atomic E-state index is -3.84. The number of hydrogen-bond donors (Lipinski definition) is 1. The van der Waals surface area contributed by atoms with Crippen LogP contribution >= 0.6 is 0 Å². The van der Waals surface area contributed by atoms with Gasteiger partial charge in [-0.2, -0.15) is 9.40 Å². The lowest BCUT2D eigenvalue weighted by molar-refractivity contribution is -0.771. The van der Waals surface area contributed by atoms with Crippen molar-refractivity contribution in [3.8, 4) is 28.8 Å². The first-order valence-corrected chi connectivity index (χ1v) is 12.8. The molecule has 2 unspecified atom stereocenters. The molecule has 10 nitrogen and oxygen atoms in total. The van der Waals surface area contributed by atoms with Gasteiger partial charge in [0.1, 0.15) is 5.82 Å². The van der Waals surface area contributed by atoms with Crippen molar-refractivity contribution in [2.24, 2.45) is 5.92 Å². The number of methoxy groups -OCH3 is 1. The van der Waals surface area contributed by atoms with Gasteiger partial charge in [-0.25, -0.2) is 17.8 Å². The monoisotopic (exact) mass is 503 g/mol. The summed E-state index contributed by atoms with van der Waals surface area (Å²) in [5.74, 6) is 0.616. The van der Waals surface area contributed by atoms with Crippen LogP contribution in [0.5, 0.6) is 17.6 Å². The maximum Gasteiger partial charge on any atom is 0.527 e. The SMILES string of the molecule is COc1cc(-c2cc(F)cc3c2Oc2nc(S(=O)(=O)N4CCC(CN(C)C)C4)[nH][n+]2C3C)ccn1. The molecule has 0 radical (unpaired) electrons. The average Bonchev–Trinajstić information content (AvgIpc) is 3.47. The second-order valence-corrected chi connectivity index (χ2v) is 11.1. The second kappa shape index (κ2) is 8.85. The fourth-order valence-corrected chi connectivity index (χ4v) is 6.15. The van der Waals surface area contributed by atoms with Gasteiger partial charge in [0.05, 0.1) is 7.11 Å². The maximum absolute atomic E-state index is 14.7. The summed E-state index contributed by atoms with van der Waals surface area (Å²) >= 11 is 0. The molecule has 35 heavy (non-hydrogen) atoms. The largest absolute Gasteiger partial charge is 0.527 e. The molecule has 1 N–H and O–H groups in total.